The molecule has 2 amide bonds. The summed E-state index contributed by atoms with van der Waals surface area (Å²) in [6, 6.07) is 8.11. The van der Waals surface area contributed by atoms with Crippen molar-refractivity contribution in [3.05, 3.63) is 29.8 Å². The number of rotatable bonds is 4. The molecule has 29 heavy (non-hydrogen) atoms. The molecule has 0 spiro atoms. The van der Waals surface area contributed by atoms with Crippen LogP contribution < -0.4 is 4.90 Å². The molecule has 0 N–H and O–H groups in total. The van der Waals surface area contributed by atoms with Gasteiger partial charge < -0.3 is 9.80 Å². The average Bonchev–Trinajstić information content (AvgIpc) is 2.98. The van der Waals surface area contributed by atoms with Crippen LogP contribution in [0.2, 0.25) is 0 Å². The van der Waals surface area contributed by atoms with Crippen molar-refractivity contribution in [2.24, 2.45) is 0 Å². The molecule has 1 aromatic rings. The van der Waals surface area contributed by atoms with Gasteiger partial charge in [0.1, 0.15) is 0 Å². The zero-order valence-electron chi connectivity index (χ0n) is 17.7. The second-order valence-electron chi connectivity index (χ2n) is 8.65. The van der Waals surface area contributed by atoms with Gasteiger partial charge >= 0.3 is 0 Å². The molecule has 3 aliphatic rings. The van der Waals surface area contributed by atoms with E-state index in [-0.39, 0.29) is 17.9 Å². The molecule has 0 saturated carbocycles. The maximum absolute atomic E-state index is 13.1. The lowest BCUT2D eigenvalue weighted by Crippen LogP contribution is -2.55. The fourth-order valence-electron chi connectivity index (χ4n) is 4.87. The van der Waals surface area contributed by atoms with E-state index in [9.17, 15) is 9.59 Å². The largest absolute Gasteiger partial charge is 0.342 e. The zero-order valence-corrected chi connectivity index (χ0v) is 17.7. The molecule has 158 valence electrons. The third kappa shape index (κ3) is 4.64. The number of carbonyl (C=O) groups is 2. The topological polar surface area (TPSA) is 47.1 Å². The fraction of sp³-hybridized carbons (Fsp3) is 0.652. The summed E-state index contributed by atoms with van der Waals surface area (Å²) in [4.78, 5) is 34.3. The Hall–Kier alpha value is -1.92. The quantitative estimate of drug-likeness (QED) is 0.778. The van der Waals surface area contributed by atoms with Gasteiger partial charge in [-0.25, -0.2) is 0 Å². The smallest absolute Gasteiger partial charge is 0.244 e. The van der Waals surface area contributed by atoms with Crippen LogP contribution in [0.4, 0.5) is 5.69 Å². The van der Waals surface area contributed by atoms with Crippen molar-refractivity contribution in [3.63, 3.8) is 0 Å². The Bertz CT molecular complexity index is 721. The highest BCUT2D eigenvalue weighted by atomic mass is 16.2. The molecule has 6 nitrogen and oxygen atoms in total. The fourth-order valence-corrected chi connectivity index (χ4v) is 4.87. The van der Waals surface area contributed by atoms with Crippen LogP contribution in [0.1, 0.15) is 38.2 Å². The lowest BCUT2D eigenvalue weighted by Gasteiger charge is -2.38. The standard InChI is InChI=1S/C23H34N4O2/c1-19(23(29)27-13-10-20-8-4-5-9-21(20)27)25-16-14-24(15-17-25)18-22(28)26-11-6-2-3-7-12-26/h4-5,8-9,19H,2-3,6-7,10-18H2,1H3. The van der Waals surface area contributed by atoms with Crippen molar-refractivity contribution >= 4 is 17.5 Å². The second kappa shape index (κ2) is 9.26. The van der Waals surface area contributed by atoms with Gasteiger partial charge in [0.05, 0.1) is 12.6 Å². The van der Waals surface area contributed by atoms with E-state index in [0.717, 1.165) is 70.8 Å². The number of anilines is 1. The van der Waals surface area contributed by atoms with E-state index in [1.54, 1.807) is 0 Å². The van der Waals surface area contributed by atoms with E-state index in [2.05, 4.69) is 26.8 Å². The molecule has 0 aromatic heterocycles. The summed E-state index contributed by atoms with van der Waals surface area (Å²) in [5, 5.41) is 0. The molecule has 1 unspecified atom stereocenters. The lowest BCUT2D eigenvalue weighted by molar-refractivity contribution is -0.133. The number of benzene rings is 1. The Morgan fingerprint density at radius 2 is 1.59 bits per heavy atom. The van der Waals surface area contributed by atoms with Crippen molar-refractivity contribution in [2.75, 3.05) is 57.3 Å². The average molecular weight is 399 g/mol. The zero-order chi connectivity index (χ0) is 20.2. The molecular formula is C23H34N4O2. The van der Waals surface area contributed by atoms with Gasteiger partial charge in [0.2, 0.25) is 11.8 Å². The molecule has 4 rings (SSSR count). The first-order chi connectivity index (χ1) is 14.1. The van der Waals surface area contributed by atoms with Crippen LogP contribution in [0.5, 0.6) is 0 Å². The van der Waals surface area contributed by atoms with E-state index in [1.807, 2.05) is 24.0 Å². The predicted molar refractivity (Wildman–Crippen MR) is 115 cm³/mol. The number of para-hydroxylation sites is 1. The first-order valence-corrected chi connectivity index (χ1v) is 11.3. The Morgan fingerprint density at radius 1 is 0.897 bits per heavy atom. The van der Waals surface area contributed by atoms with Crippen LogP contribution >= 0.6 is 0 Å². The SMILES string of the molecule is CC(C(=O)N1CCc2ccccc21)N1CCN(CC(=O)N2CCCCCC2)CC1. The number of amides is 2. The molecule has 1 aromatic carbocycles. The van der Waals surface area contributed by atoms with Crippen LogP contribution in [-0.4, -0.2) is 84.9 Å². The molecule has 3 heterocycles. The Balaban J connectivity index is 1.27. The van der Waals surface area contributed by atoms with Crippen LogP contribution in [0.25, 0.3) is 0 Å². The summed E-state index contributed by atoms with van der Waals surface area (Å²) >= 11 is 0. The first kappa shape index (κ1) is 20.4. The second-order valence-corrected chi connectivity index (χ2v) is 8.65. The van der Waals surface area contributed by atoms with Gasteiger partial charge in [-0.1, -0.05) is 31.0 Å². The number of carbonyl (C=O) groups excluding carboxylic acids is 2. The third-order valence-electron chi connectivity index (χ3n) is 6.78. The van der Waals surface area contributed by atoms with Gasteiger partial charge in [-0.3, -0.25) is 19.4 Å². The van der Waals surface area contributed by atoms with Crippen LogP contribution in [-0.2, 0) is 16.0 Å². The number of hydrogen-bond donors (Lipinski definition) is 0. The molecule has 0 aliphatic carbocycles. The number of hydrogen-bond acceptors (Lipinski definition) is 4. The molecule has 0 bridgehead atoms. The minimum Gasteiger partial charge on any atom is -0.342 e. The van der Waals surface area contributed by atoms with Gasteiger partial charge in [0, 0.05) is 51.5 Å². The summed E-state index contributed by atoms with van der Waals surface area (Å²) in [5.41, 5.74) is 2.34. The van der Waals surface area contributed by atoms with Crippen molar-refractivity contribution in [1.82, 2.24) is 14.7 Å². The number of likely N-dealkylation sites (tertiary alicyclic amines) is 1. The summed E-state index contributed by atoms with van der Waals surface area (Å²) in [5.74, 6) is 0.474. The summed E-state index contributed by atoms with van der Waals surface area (Å²) in [7, 11) is 0. The minimum atomic E-state index is -0.121. The predicted octanol–water partition coefficient (Wildman–Crippen LogP) is 1.98. The molecule has 0 radical (unpaired) electrons. The maximum atomic E-state index is 13.1. The number of piperazine rings is 1. The number of nitrogens with zero attached hydrogens (tertiary/aromatic N) is 4. The van der Waals surface area contributed by atoms with E-state index in [4.69, 9.17) is 0 Å². The highest BCUT2D eigenvalue weighted by Gasteiger charge is 2.32. The van der Waals surface area contributed by atoms with Gasteiger partial charge in [-0.05, 0) is 37.8 Å². The molecule has 3 aliphatic heterocycles. The molecular weight excluding hydrogens is 364 g/mol. The summed E-state index contributed by atoms with van der Waals surface area (Å²) < 4.78 is 0. The Labute approximate surface area is 174 Å². The van der Waals surface area contributed by atoms with Crippen LogP contribution in [0.3, 0.4) is 0 Å². The van der Waals surface area contributed by atoms with E-state index >= 15 is 0 Å². The number of fused-ring (bicyclic) bond motifs is 1. The Morgan fingerprint density at radius 3 is 2.31 bits per heavy atom. The van der Waals surface area contributed by atoms with Crippen molar-refractivity contribution in [3.8, 4) is 0 Å². The molecule has 6 heteroatoms. The van der Waals surface area contributed by atoms with Crippen LogP contribution in [0.15, 0.2) is 24.3 Å². The highest BCUT2D eigenvalue weighted by molar-refractivity contribution is 5.98. The molecule has 1 atom stereocenters. The molecule has 2 saturated heterocycles. The highest BCUT2D eigenvalue weighted by Crippen LogP contribution is 2.28. The lowest BCUT2D eigenvalue weighted by atomic mass is 10.1. The monoisotopic (exact) mass is 398 g/mol. The van der Waals surface area contributed by atoms with Gasteiger partial charge in [0.15, 0.2) is 0 Å². The van der Waals surface area contributed by atoms with E-state index < -0.39 is 0 Å². The van der Waals surface area contributed by atoms with E-state index in [0.29, 0.717) is 6.54 Å². The van der Waals surface area contributed by atoms with Crippen molar-refractivity contribution in [1.29, 1.82) is 0 Å². The summed E-state index contributed by atoms with van der Waals surface area (Å²) in [6.45, 7) is 8.57. The van der Waals surface area contributed by atoms with Crippen LogP contribution in [0, 0.1) is 0 Å². The van der Waals surface area contributed by atoms with E-state index in [1.165, 1.54) is 18.4 Å². The minimum absolute atomic E-state index is 0.121. The van der Waals surface area contributed by atoms with Crippen molar-refractivity contribution < 1.29 is 9.59 Å². The Kier molecular flexibility index (Phi) is 6.50. The van der Waals surface area contributed by atoms with Gasteiger partial charge in [-0.2, -0.15) is 0 Å². The summed E-state index contributed by atoms with van der Waals surface area (Å²) in [6.07, 6.45) is 5.71. The maximum Gasteiger partial charge on any atom is 0.244 e. The normalized spacial score (nSPS) is 22.2. The van der Waals surface area contributed by atoms with Gasteiger partial charge in [-0.15, -0.1) is 0 Å². The first-order valence-electron chi connectivity index (χ1n) is 11.3. The molecule has 2 fully saturated rings. The third-order valence-corrected chi connectivity index (χ3v) is 6.78. The van der Waals surface area contributed by atoms with Gasteiger partial charge in [0.25, 0.3) is 0 Å². The van der Waals surface area contributed by atoms with Crippen molar-refractivity contribution in [2.45, 2.75) is 45.1 Å².